The molecule has 0 radical (unpaired) electrons. The Balaban J connectivity index is 1.71. The van der Waals surface area contributed by atoms with E-state index in [1.54, 1.807) is 18.3 Å². The van der Waals surface area contributed by atoms with Crippen LogP contribution in [0.2, 0.25) is 0 Å². The van der Waals surface area contributed by atoms with Crippen LogP contribution in [-0.2, 0) is 9.84 Å². The van der Waals surface area contributed by atoms with Gasteiger partial charge in [-0.05, 0) is 37.1 Å². The van der Waals surface area contributed by atoms with Crippen LogP contribution in [0.5, 0.6) is 0 Å². The summed E-state index contributed by atoms with van der Waals surface area (Å²) in [6, 6.07) is 10.8. The van der Waals surface area contributed by atoms with E-state index in [0.29, 0.717) is 12.1 Å². The van der Waals surface area contributed by atoms with Crippen molar-refractivity contribution < 1.29 is 13.2 Å². The number of nitrogens with one attached hydrogen (secondary N) is 2. The Morgan fingerprint density at radius 1 is 1.25 bits per heavy atom. The average molecular weight is 345 g/mol. The molecule has 0 bridgehead atoms. The Labute approximate surface area is 141 Å². The topological polar surface area (TPSA) is 88.2 Å². The molecule has 6 nitrogen and oxygen atoms in total. The van der Waals surface area contributed by atoms with E-state index >= 15 is 0 Å². The molecule has 2 aromatic rings. The molecular weight excluding hydrogens is 326 g/mol. The summed E-state index contributed by atoms with van der Waals surface area (Å²) in [4.78, 5) is 16.5. The molecule has 3 rings (SSSR count). The van der Waals surface area contributed by atoms with Crippen molar-refractivity contribution in [3.63, 3.8) is 0 Å². The van der Waals surface area contributed by atoms with E-state index in [1.165, 1.54) is 0 Å². The Morgan fingerprint density at radius 2 is 2.04 bits per heavy atom. The number of hydrogen-bond acceptors (Lipinski definition) is 5. The van der Waals surface area contributed by atoms with Crippen LogP contribution in [0.15, 0.2) is 42.6 Å². The Bertz CT molecular complexity index is 865. The third-order valence-electron chi connectivity index (χ3n) is 3.99. The van der Waals surface area contributed by atoms with Gasteiger partial charge in [0.25, 0.3) is 5.91 Å². The predicted octanol–water partition coefficient (Wildman–Crippen LogP) is 2.24. The van der Waals surface area contributed by atoms with Crippen LogP contribution in [0, 0.1) is 6.92 Å². The number of benzene rings is 1. The molecule has 1 atom stereocenters. The second-order valence-electron chi connectivity index (χ2n) is 5.94. The van der Waals surface area contributed by atoms with Gasteiger partial charge in [0.2, 0.25) is 0 Å². The van der Waals surface area contributed by atoms with Crippen LogP contribution in [0.4, 0.5) is 11.4 Å². The highest BCUT2D eigenvalue weighted by Gasteiger charge is 2.27. The van der Waals surface area contributed by atoms with Gasteiger partial charge in [0.05, 0.1) is 11.5 Å². The fraction of sp³-hybridized carbons (Fsp3) is 0.294. The van der Waals surface area contributed by atoms with Gasteiger partial charge in [0.1, 0.15) is 5.69 Å². The minimum atomic E-state index is -2.94. The number of amides is 1. The number of hydrogen-bond donors (Lipinski definition) is 2. The molecule has 0 aliphatic carbocycles. The standard InChI is InChI=1S/C17H19N3O3S/c1-12-4-2-3-5-15(12)20-17(21)16-10-13(6-8-18-16)19-14-7-9-24(22,23)11-14/h2-6,8,10,14H,7,9,11H2,1H3,(H,18,19)(H,20,21). The number of rotatable bonds is 4. The first-order valence-electron chi connectivity index (χ1n) is 7.73. The van der Waals surface area contributed by atoms with E-state index in [9.17, 15) is 13.2 Å². The first kappa shape index (κ1) is 16.4. The van der Waals surface area contributed by atoms with E-state index in [0.717, 1.165) is 11.3 Å². The molecule has 1 aliphatic rings. The van der Waals surface area contributed by atoms with Crippen molar-refractivity contribution in [2.45, 2.75) is 19.4 Å². The average Bonchev–Trinajstić information content (AvgIpc) is 2.88. The van der Waals surface area contributed by atoms with Gasteiger partial charge >= 0.3 is 0 Å². The largest absolute Gasteiger partial charge is 0.381 e. The number of para-hydroxylation sites is 1. The number of aryl methyl sites for hydroxylation is 1. The number of carbonyl (C=O) groups excluding carboxylic acids is 1. The molecule has 0 saturated carbocycles. The maximum Gasteiger partial charge on any atom is 0.274 e. The van der Waals surface area contributed by atoms with Crippen molar-refractivity contribution in [3.05, 3.63) is 53.9 Å². The van der Waals surface area contributed by atoms with Gasteiger partial charge in [-0.3, -0.25) is 9.78 Å². The van der Waals surface area contributed by atoms with Crippen LogP contribution in [-0.4, -0.2) is 36.9 Å². The molecule has 1 saturated heterocycles. The Kier molecular flexibility index (Phi) is 4.53. The monoisotopic (exact) mass is 345 g/mol. The maximum atomic E-state index is 12.4. The third kappa shape index (κ3) is 3.91. The highest BCUT2D eigenvalue weighted by atomic mass is 32.2. The Hall–Kier alpha value is -2.41. The second kappa shape index (κ2) is 6.60. The van der Waals surface area contributed by atoms with Gasteiger partial charge < -0.3 is 10.6 Å². The summed E-state index contributed by atoms with van der Waals surface area (Å²) in [6.07, 6.45) is 2.12. The highest BCUT2D eigenvalue weighted by molar-refractivity contribution is 7.91. The molecule has 2 heterocycles. The van der Waals surface area contributed by atoms with Gasteiger partial charge in [-0.25, -0.2) is 8.42 Å². The minimum absolute atomic E-state index is 0.121. The molecule has 24 heavy (non-hydrogen) atoms. The number of carbonyl (C=O) groups is 1. The van der Waals surface area contributed by atoms with Gasteiger partial charge in [-0.1, -0.05) is 18.2 Å². The van der Waals surface area contributed by atoms with Gasteiger partial charge in [-0.15, -0.1) is 0 Å². The molecule has 126 valence electrons. The lowest BCUT2D eigenvalue weighted by Crippen LogP contribution is -2.21. The SMILES string of the molecule is Cc1ccccc1NC(=O)c1cc(NC2CCS(=O)(=O)C2)ccn1. The van der Waals surface area contributed by atoms with E-state index in [4.69, 9.17) is 0 Å². The fourth-order valence-electron chi connectivity index (χ4n) is 2.69. The van der Waals surface area contributed by atoms with Crippen LogP contribution >= 0.6 is 0 Å². The smallest absolute Gasteiger partial charge is 0.274 e. The third-order valence-corrected chi connectivity index (χ3v) is 5.76. The fourth-order valence-corrected chi connectivity index (χ4v) is 4.36. The molecule has 7 heteroatoms. The molecule has 1 unspecified atom stereocenters. The van der Waals surface area contributed by atoms with Crippen molar-refractivity contribution in [2.24, 2.45) is 0 Å². The quantitative estimate of drug-likeness (QED) is 0.887. The van der Waals surface area contributed by atoms with Gasteiger partial charge in [0, 0.05) is 23.6 Å². The lowest BCUT2D eigenvalue weighted by Gasteiger charge is -2.13. The molecule has 0 spiro atoms. The summed E-state index contributed by atoms with van der Waals surface area (Å²) in [5, 5.41) is 6.00. The summed E-state index contributed by atoms with van der Waals surface area (Å²) in [5.74, 6) is 0.0307. The summed E-state index contributed by atoms with van der Waals surface area (Å²) < 4.78 is 23.0. The van der Waals surface area contributed by atoms with Crippen molar-refractivity contribution in [3.8, 4) is 0 Å². The number of sulfone groups is 1. The molecule has 1 fully saturated rings. The number of aromatic nitrogens is 1. The summed E-state index contributed by atoms with van der Waals surface area (Å²) in [7, 11) is -2.94. The summed E-state index contributed by atoms with van der Waals surface area (Å²) >= 11 is 0. The first-order chi connectivity index (χ1) is 11.4. The normalized spacial score (nSPS) is 19.0. The predicted molar refractivity (Wildman–Crippen MR) is 94.1 cm³/mol. The number of nitrogens with zero attached hydrogens (tertiary/aromatic N) is 1. The lowest BCUT2D eigenvalue weighted by atomic mass is 10.2. The number of pyridine rings is 1. The number of anilines is 2. The van der Waals surface area contributed by atoms with Crippen LogP contribution < -0.4 is 10.6 Å². The van der Waals surface area contributed by atoms with Gasteiger partial charge in [0.15, 0.2) is 9.84 Å². The van der Waals surface area contributed by atoms with Gasteiger partial charge in [-0.2, -0.15) is 0 Å². The second-order valence-corrected chi connectivity index (χ2v) is 8.17. The highest BCUT2D eigenvalue weighted by Crippen LogP contribution is 2.19. The van der Waals surface area contributed by atoms with E-state index in [2.05, 4.69) is 15.6 Å². The molecule has 1 aliphatic heterocycles. The summed E-state index contributed by atoms with van der Waals surface area (Å²) in [5.41, 5.74) is 2.69. The van der Waals surface area contributed by atoms with Crippen molar-refractivity contribution in [1.82, 2.24) is 4.98 Å². The summed E-state index contributed by atoms with van der Waals surface area (Å²) in [6.45, 7) is 1.92. The molecule has 2 N–H and O–H groups in total. The molecule has 1 aromatic carbocycles. The lowest BCUT2D eigenvalue weighted by molar-refractivity contribution is 0.102. The zero-order valence-corrected chi connectivity index (χ0v) is 14.1. The maximum absolute atomic E-state index is 12.4. The zero-order valence-electron chi connectivity index (χ0n) is 13.3. The zero-order chi connectivity index (χ0) is 17.2. The minimum Gasteiger partial charge on any atom is -0.381 e. The molecule has 1 aromatic heterocycles. The van der Waals surface area contributed by atoms with E-state index in [-0.39, 0.29) is 29.1 Å². The molecule has 1 amide bonds. The molecular formula is C17H19N3O3S. The van der Waals surface area contributed by atoms with E-state index < -0.39 is 9.84 Å². The van der Waals surface area contributed by atoms with Crippen molar-refractivity contribution >= 4 is 27.1 Å². The van der Waals surface area contributed by atoms with Crippen LogP contribution in [0.25, 0.3) is 0 Å². The van der Waals surface area contributed by atoms with Crippen molar-refractivity contribution in [1.29, 1.82) is 0 Å². The van der Waals surface area contributed by atoms with E-state index in [1.807, 2.05) is 31.2 Å². The first-order valence-corrected chi connectivity index (χ1v) is 9.55. The van der Waals surface area contributed by atoms with Crippen LogP contribution in [0.1, 0.15) is 22.5 Å². The Morgan fingerprint density at radius 3 is 2.75 bits per heavy atom. The van der Waals surface area contributed by atoms with Crippen LogP contribution in [0.3, 0.4) is 0 Å². The van der Waals surface area contributed by atoms with Crippen molar-refractivity contribution in [2.75, 3.05) is 22.1 Å².